The average molecular weight is 497 g/mol. The van der Waals surface area contributed by atoms with Gasteiger partial charge in [0.15, 0.2) is 5.96 Å². The summed E-state index contributed by atoms with van der Waals surface area (Å²) in [7, 11) is 0. The van der Waals surface area contributed by atoms with Crippen molar-refractivity contribution in [1.29, 1.82) is 0 Å². The fourth-order valence-electron chi connectivity index (χ4n) is 2.54. The zero-order chi connectivity index (χ0) is 18.1. The monoisotopic (exact) mass is 496 g/mol. The molecule has 9 heteroatoms. The number of rotatable bonds is 6. The number of amides is 1. The highest BCUT2D eigenvalue weighted by Crippen LogP contribution is 2.15. The molecule has 1 aliphatic rings. The molecule has 2 rings (SSSR count). The number of hydrogen-bond acceptors (Lipinski definition) is 4. The third kappa shape index (κ3) is 7.86. The van der Waals surface area contributed by atoms with E-state index in [-0.39, 0.29) is 36.1 Å². The van der Waals surface area contributed by atoms with Crippen LogP contribution >= 0.6 is 35.6 Å². The lowest BCUT2D eigenvalue weighted by atomic mass is 10.1. The number of halogens is 2. The van der Waals surface area contributed by atoms with Crippen molar-refractivity contribution in [2.45, 2.75) is 25.8 Å². The van der Waals surface area contributed by atoms with Crippen LogP contribution in [-0.4, -0.2) is 55.8 Å². The number of guanidine groups is 1. The van der Waals surface area contributed by atoms with Crippen LogP contribution in [-0.2, 0) is 4.74 Å². The van der Waals surface area contributed by atoms with Crippen LogP contribution in [0.4, 0.5) is 4.79 Å². The highest BCUT2D eigenvalue weighted by Gasteiger charge is 2.23. The molecule has 1 aromatic rings. The Morgan fingerprint density at radius 3 is 2.62 bits per heavy atom. The Labute approximate surface area is 176 Å². The molecule has 146 valence electrons. The van der Waals surface area contributed by atoms with Crippen LogP contribution in [0.1, 0.15) is 19.8 Å². The number of benzene rings is 1. The van der Waals surface area contributed by atoms with Crippen molar-refractivity contribution < 1.29 is 14.3 Å². The second kappa shape index (κ2) is 12.1. The highest BCUT2D eigenvalue weighted by atomic mass is 127. The summed E-state index contributed by atoms with van der Waals surface area (Å²) in [6.45, 7) is 4.41. The van der Waals surface area contributed by atoms with Crippen molar-refractivity contribution in [2.75, 3.05) is 32.8 Å². The molecule has 0 aromatic heterocycles. The number of nitrogens with two attached hydrogens (primary N) is 1. The summed E-state index contributed by atoms with van der Waals surface area (Å²) in [4.78, 5) is 17.6. The predicted octanol–water partition coefficient (Wildman–Crippen LogP) is 2.86. The molecule has 0 bridgehead atoms. The van der Waals surface area contributed by atoms with Gasteiger partial charge in [-0.05, 0) is 44.0 Å². The van der Waals surface area contributed by atoms with Crippen LogP contribution in [0.15, 0.2) is 29.3 Å². The van der Waals surface area contributed by atoms with E-state index < -0.39 is 0 Å². The largest absolute Gasteiger partial charge is 0.492 e. The fourth-order valence-corrected chi connectivity index (χ4v) is 2.66. The van der Waals surface area contributed by atoms with Crippen molar-refractivity contribution in [3.05, 3.63) is 29.3 Å². The molecule has 1 fully saturated rings. The summed E-state index contributed by atoms with van der Waals surface area (Å²) in [5, 5.41) is 3.87. The van der Waals surface area contributed by atoms with Gasteiger partial charge in [-0.2, -0.15) is 0 Å². The van der Waals surface area contributed by atoms with Crippen molar-refractivity contribution in [1.82, 2.24) is 10.2 Å². The van der Waals surface area contributed by atoms with Gasteiger partial charge in [-0.15, -0.1) is 24.0 Å². The molecular formula is C17H26ClIN4O3. The lowest BCUT2D eigenvalue weighted by Gasteiger charge is -2.31. The van der Waals surface area contributed by atoms with Crippen LogP contribution in [0, 0.1) is 0 Å². The van der Waals surface area contributed by atoms with E-state index in [0.29, 0.717) is 43.8 Å². The van der Waals surface area contributed by atoms with Gasteiger partial charge in [-0.25, -0.2) is 9.79 Å². The van der Waals surface area contributed by atoms with E-state index in [1.54, 1.807) is 24.0 Å². The van der Waals surface area contributed by atoms with Gasteiger partial charge in [0.05, 0.1) is 13.2 Å². The van der Waals surface area contributed by atoms with Gasteiger partial charge in [0.1, 0.15) is 12.4 Å². The van der Waals surface area contributed by atoms with E-state index in [9.17, 15) is 4.79 Å². The fraction of sp³-hybridized carbons (Fsp3) is 0.529. The molecule has 1 aromatic carbocycles. The maximum atomic E-state index is 11.7. The lowest BCUT2D eigenvalue weighted by molar-refractivity contribution is 0.0963. The number of ether oxygens (including phenoxy) is 2. The first-order valence-corrected chi connectivity index (χ1v) is 8.82. The molecule has 7 nitrogen and oxygen atoms in total. The number of hydrogen-bond donors (Lipinski definition) is 2. The quantitative estimate of drug-likeness (QED) is 0.274. The predicted molar refractivity (Wildman–Crippen MR) is 114 cm³/mol. The second-order valence-electron chi connectivity index (χ2n) is 5.67. The minimum atomic E-state index is -0.248. The highest BCUT2D eigenvalue weighted by molar-refractivity contribution is 14.0. The Balaban J connectivity index is 0.00000338. The van der Waals surface area contributed by atoms with Crippen molar-refractivity contribution >= 4 is 47.6 Å². The van der Waals surface area contributed by atoms with Crippen LogP contribution in [0.3, 0.4) is 0 Å². The number of aliphatic imine (C=N–C) groups is 1. The summed E-state index contributed by atoms with van der Waals surface area (Å²) in [5.74, 6) is 1.15. The Morgan fingerprint density at radius 2 is 2.00 bits per heavy atom. The van der Waals surface area contributed by atoms with Gasteiger partial charge in [0, 0.05) is 24.2 Å². The Kier molecular flexibility index (Phi) is 10.5. The van der Waals surface area contributed by atoms with E-state index in [1.807, 2.05) is 12.1 Å². The molecule has 1 amide bonds. The maximum Gasteiger partial charge on any atom is 0.409 e. The molecule has 1 heterocycles. The normalized spacial score (nSPS) is 15.2. The van der Waals surface area contributed by atoms with Gasteiger partial charge in [0.2, 0.25) is 0 Å². The Morgan fingerprint density at radius 1 is 1.35 bits per heavy atom. The standard InChI is InChI=1S/C17H25ClN4O3.HI/c1-2-24-17(23)22-10-7-14(8-11-22)21-16(19)20-9-12-25-15-5-3-13(18)4-6-15;/h3-6,14H,2,7-12H2,1H3,(H3,19,20,21);1H. The summed E-state index contributed by atoms with van der Waals surface area (Å²) < 4.78 is 10.6. The molecule has 0 atom stereocenters. The molecule has 0 unspecified atom stereocenters. The molecule has 0 aliphatic carbocycles. The van der Waals surface area contributed by atoms with Crippen LogP contribution in [0.2, 0.25) is 5.02 Å². The van der Waals surface area contributed by atoms with Crippen molar-refractivity contribution in [3.63, 3.8) is 0 Å². The van der Waals surface area contributed by atoms with Crippen LogP contribution in [0.5, 0.6) is 5.75 Å². The van der Waals surface area contributed by atoms with E-state index in [1.165, 1.54) is 0 Å². The van der Waals surface area contributed by atoms with E-state index in [0.717, 1.165) is 18.6 Å². The summed E-state index contributed by atoms with van der Waals surface area (Å²) in [5.41, 5.74) is 5.91. The van der Waals surface area contributed by atoms with Gasteiger partial charge in [-0.3, -0.25) is 0 Å². The lowest BCUT2D eigenvalue weighted by Crippen LogP contribution is -2.48. The number of piperidine rings is 1. The Bertz CT molecular complexity index is 578. The first-order chi connectivity index (χ1) is 12.1. The first kappa shape index (κ1) is 22.6. The molecule has 0 radical (unpaired) electrons. The van der Waals surface area contributed by atoms with Gasteiger partial charge >= 0.3 is 6.09 Å². The molecule has 1 aliphatic heterocycles. The second-order valence-corrected chi connectivity index (χ2v) is 6.11. The van der Waals surface area contributed by atoms with Crippen LogP contribution in [0.25, 0.3) is 0 Å². The Hall–Kier alpha value is -1.42. The van der Waals surface area contributed by atoms with E-state index >= 15 is 0 Å². The maximum absolute atomic E-state index is 11.7. The molecule has 0 saturated carbocycles. The molecule has 26 heavy (non-hydrogen) atoms. The third-order valence-corrected chi connectivity index (χ3v) is 4.08. The van der Waals surface area contributed by atoms with Crippen molar-refractivity contribution in [2.24, 2.45) is 10.7 Å². The minimum Gasteiger partial charge on any atom is -0.492 e. The molecule has 1 saturated heterocycles. The zero-order valence-corrected chi connectivity index (χ0v) is 17.9. The topological polar surface area (TPSA) is 89.2 Å². The summed E-state index contributed by atoms with van der Waals surface area (Å²) in [6.07, 6.45) is 1.38. The third-order valence-electron chi connectivity index (χ3n) is 3.83. The van der Waals surface area contributed by atoms with Gasteiger partial charge in [0.25, 0.3) is 0 Å². The zero-order valence-electron chi connectivity index (χ0n) is 14.8. The molecule has 0 spiro atoms. The van der Waals surface area contributed by atoms with Crippen molar-refractivity contribution in [3.8, 4) is 5.75 Å². The number of nitrogens with zero attached hydrogens (tertiary/aromatic N) is 2. The van der Waals surface area contributed by atoms with E-state index in [4.69, 9.17) is 26.8 Å². The smallest absolute Gasteiger partial charge is 0.409 e. The number of nitrogens with one attached hydrogen (secondary N) is 1. The van der Waals surface area contributed by atoms with Crippen LogP contribution < -0.4 is 15.8 Å². The average Bonchev–Trinajstić information content (AvgIpc) is 2.61. The van der Waals surface area contributed by atoms with Gasteiger partial charge in [-0.1, -0.05) is 11.6 Å². The summed E-state index contributed by atoms with van der Waals surface area (Å²) >= 11 is 5.82. The SMILES string of the molecule is CCOC(=O)N1CCC(NC(N)=NCCOc2ccc(Cl)cc2)CC1.I. The molecular weight excluding hydrogens is 471 g/mol. The first-order valence-electron chi connectivity index (χ1n) is 8.45. The number of carbonyl (C=O) groups is 1. The minimum absolute atomic E-state index is 0. The number of carbonyl (C=O) groups excluding carboxylic acids is 1. The van der Waals surface area contributed by atoms with E-state index in [2.05, 4.69) is 10.3 Å². The number of likely N-dealkylation sites (tertiary alicyclic amines) is 1. The molecule has 3 N–H and O–H groups in total. The van der Waals surface area contributed by atoms with Gasteiger partial charge < -0.3 is 25.4 Å². The summed E-state index contributed by atoms with van der Waals surface area (Å²) in [6, 6.07) is 7.39.